The van der Waals surface area contributed by atoms with Crippen LogP contribution in [0.3, 0.4) is 0 Å². The lowest BCUT2D eigenvalue weighted by atomic mass is 10.3. The molecule has 0 saturated heterocycles. The van der Waals surface area contributed by atoms with Crippen molar-refractivity contribution >= 4 is 5.69 Å². The van der Waals surface area contributed by atoms with Crippen molar-refractivity contribution in [1.82, 2.24) is 4.90 Å². The molecular weight excluding hydrogens is 244 g/mol. The van der Waals surface area contributed by atoms with Crippen LogP contribution in [0, 0.1) is 10.1 Å². The Labute approximate surface area is 112 Å². The van der Waals surface area contributed by atoms with Gasteiger partial charge in [0.2, 0.25) is 0 Å². The number of benzene rings is 1. The van der Waals surface area contributed by atoms with Crippen LogP contribution in [0.2, 0.25) is 0 Å². The molecule has 0 spiro atoms. The second-order valence-corrected chi connectivity index (χ2v) is 3.94. The quantitative estimate of drug-likeness (QED) is 0.390. The van der Waals surface area contributed by atoms with Crippen molar-refractivity contribution in [2.75, 3.05) is 26.2 Å². The molecule has 1 aromatic carbocycles. The predicted molar refractivity (Wildman–Crippen MR) is 75.4 cm³/mol. The fourth-order valence-electron chi connectivity index (χ4n) is 1.60. The van der Waals surface area contributed by atoms with E-state index in [4.69, 9.17) is 4.74 Å². The standard InChI is InChI=1S/C14H18N2O3/c1-3-8-15(9-4-2)10-11-19-14-7-5-6-13(12-14)16(17)18/h3-7,12H,1-2,8-11H2. The highest BCUT2D eigenvalue weighted by atomic mass is 16.6. The average Bonchev–Trinajstić information content (AvgIpc) is 2.39. The maximum atomic E-state index is 10.6. The number of ether oxygens (including phenoxy) is 1. The van der Waals surface area contributed by atoms with Gasteiger partial charge in [0.15, 0.2) is 0 Å². The van der Waals surface area contributed by atoms with Gasteiger partial charge < -0.3 is 4.74 Å². The van der Waals surface area contributed by atoms with Gasteiger partial charge >= 0.3 is 0 Å². The zero-order valence-corrected chi connectivity index (χ0v) is 10.8. The molecule has 0 bridgehead atoms. The Kier molecular flexibility index (Phi) is 6.32. The minimum atomic E-state index is -0.436. The van der Waals surface area contributed by atoms with E-state index in [0.29, 0.717) is 18.9 Å². The molecule has 19 heavy (non-hydrogen) atoms. The molecule has 5 nitrogen and oxygen atoms in total. The normalized spacial score (nSPS) is 10.2. The van der Waals surface area contributed by atoms with Gasteiger partial charge in [0, 0.05) is 25.7 Å². The van der Waals surface area contributed by atoms with E-state index in [0.717, 1.165) is 13.1 Å². The summed E-state index contributed by atoms with van der Waals surface area (Å²) in [6, 6.07) is 6.18. The van der Waals surface area contributed by atoms with Crippen LogP contribution < -0.4 is 4.74 Å². The predicted octanol–water partition coefficient (Wildman–Crippen LogP) is 2.65. The van der Waals surface area contributed by atoms with Crippen LogP contribution in [-0.4, -0.2) is 36.1 Å². The highest BCUT2D eigenvalue weighted by molar-refractivity contribution is 5.37. The molecule has 0 aliphatic rings. The van der Waals surface area contributed by atoms with Crippen molar-refractivity contribution in [1.29, 1.82) is 0 Å². The van der Waals surface area contributed by atoms with Crippen LogP contribution in [0.4, 0.5) is 5.69 Å². The molecule has 1 aromatic rings. The summed E-state index contributed by atoms with van der Waals surface area (Å²) in [5.41, 5.74) is 0.0338. The van der Waals surface area contributed by atoms with E-state index in [1.54, 1.807) is 12.1 Å². The summed E-state index contributed by atoms with van der Waals surface area (Å²) in [5, 5.41) is 10.6. The minimum Gasteiger partial charge on any atom is -0.492 e. The summed E-state index contributed by atoms with van der Waals surface area (Å²) in [4.78, 5) is 12.3. The number of nitro groups is 1. The van der Waals surface area contributed by atoms with Crippen LogP contribution in [0.15, 0.2) is 49.6 Å². The van der Waals surface area contributed by atoms with E-state index in [-0.39, 0.29) is 5.69 Å². The largest absolute Gasteiger partial charge is 0.492 e. The first-order chi connectivity index (χ1) is 9.17. The molecule has 0 aliphatic carbocycles. The topological polar surface area (TPSA) is 55.6 Å². The van der Waals surface area contributed by atoms with Gasteiger partial charge in [-0.15, -0.1) is 13.2 Å². The second-order valence-electron chi connectivity index (χ2n) is 3.94. The summed E-state index contributed by atoms with van der Waals surface area (Å²) in [7, 11) is 0. The maximum absolute atomic E-state index is 10.6. The van der Waals surface area contributed by atoms with Crippen molar-refractivity contribution in [3.05, 3.63) is 59.7 Å². The highest BCUT2D eigenvalue weighted by Gasteiger charge is 2.06. The van der Waals surface area contributed by atoms with Gasteiger partial charge in [0.05, 0.1) is 11.0 Å². The highest BCUT2D eigenvalue weighted by Crippen LogP contribution is 2.18. The Bertz CT molecular complexity index is 436. The third-order valence-corrected chi connectivity index (χ3v) is 2.48. The Morgan fingerprint density at radius 2 is 2.00 bits per heavy atom. The van der Waals surface area contributed by atoms with Gasteiger partial charge in [-0.05, 0) is 6.07 Å². The third kappa shape index (κ3) is 5.35. The van der Waals surface area contributed by atoms with Gasteiger partial charge in [-0.3, -0.25) is 15.0 Å². The van der Waals surface area contributed by atoms with Gasteiger partial charge in [-0.1, -0.05) is 18.2 Å². The molecule has 0 radical (unpaired) electrons. The molecule has 0 fully saturated rings. The molecule has 1 rings (SSSR count). The third-order valence-electron chi connectivity index (χ3n) is 2.48. The Balaban J connectivity index is 2.47. The minimum absolute atomic E-state index is 0.0338. The number of hydrogen-bond acceptors (Lipinski definition) is 4. The molecule has 5 heteroatoms. The SMILES string of the molecule is C=CCN(CC=C)CCOc1cccc([N+](=O)[O-])c1. The number of non-ortho nitro benzene ring substituents is 1. The Hall–Kier alpha value is -2.14. The summed E-state index contributed by atoms with van der Waals surface area (Å²) >= 11 is 0. The van der Waals surface area contributed by atoms with Crippen molar-refractivity contribution in [3.8, 4) is 5.75 Å². The molecule has 0 atom stereocenters. The first-order valence-electron chi connectivity index (χ1n) is 5.98. The Morgan fingerprint density at radius 1 is 1.32 bits per heavy atom. The van der Waals surface area contributed by atoms with E-state index in [9.17, 15) is 10.1 Å². The smallest absolute Gasteiger partial charge is 0.273 e. The lowest BCUT2D eigenvalue weighted by molar-refractivity contribution is -0.384. The van der Waals surface area contributed by atoms with Gasteiger partial charge in [-0.2, -0.15) is 0 Å². The molecule has 0 heterocycles. The van der Waals surface area contributed by atoms with Crippen molar-refractivity contribution in [2.24, 2.45) is 0 Å². The summed E-state index contributed by atoms with van der Waals surface area (Å²) in [6.07, 6.45) is 3.63. The van der Waals surface area contributed by atoms with Crippen molar-refractivity contribution < 1.29 is 9.66 Å². The van der Waals surface area contributed by atoms with E-state index >= 15 is 0 Å². The van der Waals surface area contributed by atoms with Crippen LogP contribution in [0.25, 0.3) is 0 Å². The monoisotopic (exact) mass is 262 g/mol. The molecule has 102 valence electrons. The van der Waals surface area contributed by atoms with Gasteiger partial charge in [0.25, 0.3) is 5.69 Å². The molecule has 0 unspecified atom stereocenters. The summed E-state index contributed by atoms with van der Waals surface area (Å²) < 4.78 is 5.51. The van der Waals surface area contributed by atoms with Crippen LogP contribution >= 0.6 is 0 Å². The van der Waals surface area contributed by atoms with Crippen LogP contribution in [0.5, 0.6) is 5.75 Å². The lowest BCUT2D eigenvalue weighted by Crippen LogP contribution is -2.28. The van der Waals surface area contributed by atoms with Crippen LogP contribution in [0.1, 0.15) is 0 Å². The van der Waals surface area contributed by atoms with Gasteiger partial charge in [0.1, 0.15) is 12.4 Å². The average molecular weight is 262 g/mol. The van der Waals surface area contributed by atoms with Crippen LogP contribution in [-0.2, 0) is 0 Å². The zero-order valence-electron chi connectivity index (χ0n) is 10.8. The number of hydrogen-bond donors (Lipinski definition) is 0. The first-order valence-corrected chi connectivity index (χ1v) is 5.98. The van der Waals surface area contributed by atoms with E-state index in [1.165, 1.54) is 12.1 Å². The summed E-state index contributed by atoms with van der Waals surface area (Å²) in [6.45, 7) is 10.1. The molecule has 0 aromatic heterocycles. The zero-order chi connectivity index (χ0) is 14.1. The maximum Gasteiger partial charge on any atom is 0.273 e. The molecule has 0 aliphatic heterocycles. The molecular formula is C14H18N2O3. The van der Waals surface area contributed by atoms with Crippen molar-refractivity contribution in [3.63, 3.8) is 0 Å². The molecule has 0 saturated carbocycles. The Morgan fingerprint density at radius 3 is 2.58 bits per heavy atom. The second kappa shape index (κ2) is 8.05. The fourth-order valence-corrected chi connectivity index (χ4v) is 1.60. The van der Waals surface area contributed by atoms with Gasteiger partial charge in [-0.25, -0.2) is 0 Å². The number of nitrogens with zero attached hydrogens (tertiary/aromatic N) is 2. The fraction of sp³-hybridized carbons (Fsp3) is 0.286. The van der Waals surface area contributed by atoms with E-state index < -0.39 is 4.92 Å². The molecule has 0 N–H and O–H groups in total. The van der Waals surface area contributed by atoms with E-state index in [2.05, 4.69) is 18.1 Å². The lowest BCUT2D eigenvalue weighted by Gasteiger charge is -2.18. The van der Waals surface area contributed by atoms with E-state index in [1.807, 2.05) is 12.2 Å². The summed E-state index contributed by atoms with van der Waals surface area (Å²) in [5.74, 6) is 0.506. The first kappa shape index (κ1) is 14.9. The molecule has 0 amide bonds. The number of rotatable bonds is 9. The van der Waals surface area contributed by atoms with Crippen molar-refractivity contribution in [2.45, 2.75) is 0 Å². The number of nitro benzene ring substituents is 1.